The number of amides is 2. The van der Waals surface area contributed by atoms with Gasteiger partial charge in [-0.3, -0.25) is 9.59 Å². The Bertz CT molecular complexity index is 846. The van der Waals surface area contributed by atoms with E-state index in [-0.39, 0.29) is 22.6 Å². The molecule has 3 rings (SSSR count). The first-order valence-corrected chi connectivity index (χ1v) is 10.8. The molecular weight excluding hydrogens is 596 g/mol. The van der Waals surface area contributed by atoms with Crippen LogP contribution in [0.2, 0.25) is 10.0 Å². The quantitative estimate of drug-likeness (QED) is 0.214. The maximum absolute atomic E-state index is 14.1. The van der Waals surface area contributed by atoms with Crippen LogP contribution in [0, 0.1) is 5.82 Å². The Kier molecular flexibility index (Phi) is 8.55. The second-order valence-corrected chi connectivity index (χ2v) is 8.29. The van der Waals surface area contributed by atoms with Gasteiger partial charge in [-0.15, -0.1) is 0 Å². The third kappa shape index (κ3) is 6.15. The Morgan fingerprint density at radius 2 is 1.74 bits per heavy atom. The van der Waals surface area contributed by atoms with Crippen LogP contribution in [0.5, 0.6) is 11.5 Å². The molecule has 0 spiro atoms. The van der Waals surface area contributed by atoms with E-state index in [1.165, 1.54) is 0 Å². The zero-order chi connectivity index (χ0) is 20.1. The molecule has 1 saturated heterocycles. The van der Waals surface area contributed by atoms with E-state index in [0.717, 1.165) is 8.40 Å². The van der Waals surface area contributed by atoms with Crippen LogP contribution in [0.1, 0.15) is 18.4 Å². The van der Waals surface area contributed by atoms with E-state index in [9.17, 15) is 14.0 Å². The molecule has 0 N–H and O–H groups in total. The number of nitrogens with zero attached hydrogens (tertiary/aromatic N) is 1. The third-order valence-electron chi connectivity index (χ3n) is 3.32. The van der Waals surface area contributed by atoms with Crippen LogP contribution >= 0.6 is 71.2 Å². The molecule has 2 aromatic rings. The fraction of sp³-hybridized carbons (Fsp3) is 0.176. The maximum Gasteiger partial charge on any atom is 0.239 e. The molecule has 0 unspecified atom stereocenters. The Balaban J connectivity index is 0.000000273. The number of ether oxygens (including phenoxy) is 1. The summed E-state index contributed by atoms with van der Waals surface area (Å²) in [6.45, 7) is 0. The Hall–Kier alpha value is -0.670. The third-order valence-corrected chi connectivity index (χ3v) is 5.69. The summed E-state index contributed by atoms with van der Waals surface area (Å²) in [4.78, 5) is 20.9. The fourth-order valence-electron chi connectivity index (χ4n) is 2.02. The van der Waals surface area contributed by atoms with Crippen molar-refractivity contribution in [2.24, 2.45) is 0 Å². The SMILES string of the molecule is Fc1c(CBr)ccc(Cl)c1Oc1cc(Cl)cc(Br)c1.O=C1CCC(=O)N1Br. The molecule has 0 aromatic heterocycles. The summed E-state index contributed by atoms with van der Waals surface area (Å²) in [5.41, 5.74) is 0.473. The minimum atomic E-state index is -0.486. The molecule has 2 aromatic carbocycles. The first-order chi connectivity index (χ1) is 12.7. The van der Waals surface area contributed by atoms with E-state index in [0.29, 0.717) is 34.5 Å². The maximum atomic E-state index is 14.1. The Morgan fingerprint density at radius 1 is 1.11 bits per heavy atom. The van der Waals surface area contributed by atoms with Crippen LogP contribution in [0.25, 0.3) is 0 Å². The lowest BCUT2D eigenvalue weighted by Crippen LogP contribution is -2.16. The van der Waals surface area contributed by atoms with Gasteiger partial charge >= 0.3 is 0 Å². The average Bonchev–Trinajstić information content (AvgIpc) is 2.89. The minimum absolute atomic E-state index is 0.00668. The second kappa shape index (κ2) is 10.2. The van der Waals surface area contributed by atoms with Crippen molar-refractivity contribution in [3.8, 4) is 11.5 Å². The molecule has 0 bridgehead atoms. The monoisotopic (exact) mass is 603 g/mol. The summed E-state index contributed by atoms with van der Waals surface area (Å²) in [6.07, 6.45) is 0.703. The molecule has 0 aliphatic carbocycles. The number of hydrogen-bond acceptors (Lipinski definition) is 3. The lowest BCUT2D eigenvalue weighted by molar-refractivity contribution is -0.131. The van der Waals surface area contributed by atoms with Crippen molar-refractivity contribution >= 4 is 83.0 Å². The van der Waals surface area contributed by atoms with Gasteiger partial charge in [0.25, 0.3) is 0 Å². The number of carbonyl (C=O) groups excluding carboxylic acids is 2. The van der Waals surface area contributed by atoms with Crippen molar-refractivity contribution in [1.29, 1.82) is 0 Å². The zero-order valence-corrected chi connectivity index (χ0v) is 19.7. The van der Waals surface area contributed by atoms with Crippen LogP contribution < -0.4 is 4.74 Å². The lowest BCUT2D eigenvalue weighted by atomic mass is 10.2. The van der Waals surface area contributed by atoms with Gasteiger partial charge < -0.3 is 4.74 Å². The van der Waals surface area contributed by atoms with Crippen molar-refractivity contribution in [2.45, 2.75) is 18.2 Å². The topological polar surface area (TPSA) is 46.6 Å². The largest absolute Gasteiger partial charge is 0.453 e. The van der Waals surface area contributed by atoms with Gasteiger partial charge in [0.05, 0.1) is 21.2 Å². The average molecular weight is 607 g/mol. The predicted octanol–water partition coefficient (Wildman–Crippen LogP) is 7.03. The Labute approximate surface area is 190 Å². The van der Waals surface area contributed by atoms with Gasteiger partial charge in [0.2, 0.25) is 11.8 Å². The van der Waals surface area contributed by atoms with E-state index in [1.807, 2.05) is 0 Å². The van der Waals surface area contributed by atoms with E-state index in [1.54, 1.807) is 30.3 Å². The van der Waals surface area contributed by atoms with Crippen molar-refractivity contribution in [1.82, 2.24) is 3.93 Å². The van der Waals surface area contributed by atoms with Crippen molar-refractivity contribution in [3.63, 3.8) is 0 Å². The van der Waals surface area contributed by atoms with Crippen LogP contribution in [0.4, 0.5) is 4.39 Å². The van der Waals surface area contributed by atoms with E-state index in [2.05, 4.69) is 48.0 Å². The van der Waals surface area contributed by atoms with Crippen LogP contribution in [0.15, 0.2) is 34.8 Å². The molecule has 0 atom stereocenters. The number of benzene rings is 2. The Morgan fingerprint density at radius 3 is 2.22 bits per heavy atom. The van der Waals surface area contributed by atoms with Gasteiger partial charge in [-0.25, -0.2) is 8.32 Å². The van der Waals surface area contributed by atoms with Crippen molar-refractivity contribution in [2.75, 3.05) is 0 Å². The number of hydrogen-bond donors (Lipinski definition) is 0. The van der Waals surface area contributed by atoms with Gasteiger partial charge in [0, 0.05) is 33.2 Å². The van der Waals surface area contributed by atoms with Gasteiger partial charge in [0.1, 0.15) is 5.75 Å². The van der Waals surface area contributed by atoms with Gasteiger partial charge in [0.15, 0.2) is 11.6 Å². The molecule has 10 heteroatoms. The molecular formula is C17H11Br3Cl2FNO3. The molecule has 0 radical (unpaired) electrons. The van der Waals surface area contributed by atoms with Gasteiger partial charge in [-0.05, 0) is 24.3 Å². The van der Waals surface area contributed by atoms with Crippen LogP contribution in [-0.2, 0) is 14.9 Å². The molecule has 0 saturated carbocycles. The second-order valence-electron chi connectivity index (χ2n) is 5.26. The zero-order valence-electron chi connectivity index (χ0n) is 13.4. The van der Waals surface area contributed by atoms with E-state index < -0.39 is 5.82 Å². The molecule has 27 heavy (non-hydrogen) atoms. The highest BCUT2D eigenvalue weighted by Crippen LogP contribution is 2.36. The minimum Gasteiger partial charge on any atom is -0.453 e. The van der Waals surface area contributed by atoms with Gasteiger partial charge in [-0.2, -0.15) is 0 Å². The van der Waals surface area contributed by atoms with Crippen molar-refractivity contribution in [3.05, 3.63) is 56.2 Å². The number of halogens is 6. The number of imide groups is 1. The summed E-state index contributed by atoms with van der Waals surface area (Å²) in [5, 5.41) is 1.07. The molecule has 1 heterocycles. The molecule has 144 valence electrons. The predicted molar refractivity (Wildman–Crippen MR) is 113 cm³/mol. The number of carbonyl (C=O) groups is 2. The fourth-order valence-corrected chi connectivity index (χ4v) is 3.83. The smallest absolute Gasteiger partial charge is 0.239 e. The molecule has 1 fully saturated rings. The highest BCUT2D eigenvalue weighted by atomic mass is 79.9. The van der Waals surface area contributed by atoms with Gasteiger partial charge in [-0.1, -0.05) is 61.1 Å². The summed E-state index contributed by atoms with van der Waals surface area (Å²) in [7, 11) is 0. The lowest BCUT2D eigenvalue weighted by Gasteiger charge is -2.11. The summed E-state index contributed by atoms with van der Waals surface area (Å²) in [6, 6.07) is 8.18. The van der Waals surface area contributed by atoms with Crippen LogP contribution in [0.3, 0.4) is 0 Å². The highest BCUT2D eigenvalue weighted by Gasteiger charge is 2.26. The van der Waals surface area contributed by atoms with Crippen LogP contribution in [-0.4, -0.2) is 15.7 Å². The molecule has 1 aliphatic heterocycles. The normalized spacial score (nSPS) is 13.5. The summed E-state index contributed by atoms with van der Waals surface area (Å²) >= 11 is 21.2. The standard InChI is InChI=1S/C13H7Br2Cl2FO.C4H4BrNO2/c14-6-7-1-2-11(17)13(12(7)18)19-10-4-8(15)3-9(16)5-10;5-6-3(7)1-2-4(6)8/h1-5H,6H2;1-2H2. The molecule has 2 amide bonds. The summed E-state index contributed by atoms with van der Waals surface area (Å²) < 4.78 is 21.4. The number of alkyl halides is 1. The number of rotatable bonds is 3. The highest BCUT2D eigenvalue weighted by molar-refractivity contribution is 9.10. The van der Waals surface area contributed by atoms with Crippen molar-refractivity contribution < 1.29 is 18.7 Å². The first kappa shape index (κ1) is 22.6. The summed E-state index contributed by atoms with van der Waals surface area (Å²) in [5.74, 6) is -0.370. The van der Waals surface area contributed by atoms with E-state index >= 15 is 0 Å². The van der Waals surface area contributed by atoms with E-state index in [4.69, 9.17) is 27.9 Å². The molecule has 4 nitrogen and oxygen atoms in total. The molecule has 1 aliphatic rings. The first-order valence-electron chi connectivity index (χ1n) is 7.41.